The molecule has 2 aromatic carbocycles. The van der Waals surface area contributed by atoms with Crippen molar-refractivity contribution in [3.05, 3.63) is 57.6 Å². The van der Waals surface area contributed by atoms with Crippen molar-refractivity contribution < 1.29 is 19.4 Å². The molecule has 0 aromatic heterocycles. The fourth-order valence-corrected chi connectivity index (χ4v) is 2.46. The zero-order chi connectivity index (χ0) is 17.0. The van der Waals surface area contributed by atoms with Crippen LogP contribution >= 0.6 is 15.9 Å². The van der Waals surface area contributed by atoms with Crippen molar-refractivity contribution in [1.29, 1.82) is 0 Å². The molecular formula is C17H16BrNO4. The minimum atomic E-state index is -1.02. The fraction of sp³-hybridized carbons (Fsp3) is 0.176. The molecule has 0 saturated carbocycles. The van der Waals surface area contributed by atoms with Gasteiger partial charge in [-0.25, -0.2) is 4.79 Å². The number of hydrogen-bond acceptors (Lipinski definition) is 3. The predicted molar refractivity (Wildman–Crippen MR) is 91.1 cm³/mol. The molecule has 6 heteroatoms. The van der Waals surface area contributed by atoms with E-state index >= 15 is 0 Å². The first-order chi connectivity index (χ1) is 10.9. The van der Waals surface area contributed by atoms with Crippen molar-refractivity contribution in [3.8, 4) is 5.75 Å². The number of carbonyl (C=O) groups excluding carboxylic acids is 1. The molecule has 0 saturated heterocycles. The lowest BCUT2D eigenvalue weighted by Crippen LogP contribution is -2.21. The van der Waals surface area contributed by atoms with Crippen molar-refractivity contribution in [2.75, 3.05) is 11.9 Å². The lowest BCUT2D eigenvalue weighted by molar-refractivity contribution is -0.118. The molecule has 0 aliphatic heterocycles. The number of aromatic carboxylic acids is 1. The average molecular weight is 378 g/mol. The normalized spacial score (nSPS) is 10.2. The van der Waals surface area contributed by atoms with Crippen molar-refractivity contribution >= 4 is 33.5 Å². The summed E-state index contributed by atoms with van der Waals surface area (Å²) in [7, 11) is 0. The maximum Gasteiger partial charge on any atom is 0.335 e. The quantitative estimate of drug-likeness (QED) is 0.830. The number of ether oxygens (including phenoxy) is 1. The van der Waals surface area contributed by atoms with Gasteiger partial charge in [0.15, 0.2) is 6.61 Å². The van der Waals surface area contributed by atoms with Gasteiger partial charge in [-0.1, -0.05) is 12.1 Å². The van der Waals surface area contributed by atoms with Crippen LogP contribution in [0.1, 0.15) is 21.5 Å². The van der Waals surface area contributed by atoms with Gasteiger partial charge in [-0.2, -0.15) is 0 Å². The number of carboxylic acids is 1. The van der Waals surface area contributed by atoms with E-state index in [1.807, 2.05) is 32.0 Å². The zero-order valence-corrected chi connectivity index (χ0v) is 14.3. The Morgan fingerprint density at radius 3 is 2.61 bits per heavy atom. The summed E-state index contributed by atoms with van der Waals surface area (Å²) in [6, 6.07) is 10.0. The molecule has 0 atom stereocenters. The Hall–Kier alpha value is -2.34. The number of nitrogens with one attached hydrogen (secondary N) is 1. The first-order valence-electron chi connectivity index (χ1n) is 6.90. The molecule has 120 valence electrons. The third-order valence-corrected chi connectivity index (χ3v) is 4.04. The molecule has 0 aliphatic carbocycles. The van der Waals surface area contributed by atoms with Gasteiger partial charge >= 0.3 is 5.97 Å². The van der Waals surface area contributed by atoms with Crippen molar-refractivity contribution in [1.82, 2.24) is 0 Å². The number of amides is 1. The SMILES string of the molecule is Cc1cccc(NC(=O)COc2ccc(C(=O)O)cc2Br)c1C. The number of halogens is 1. The standard InChI is InChI=1S/C17H16BrNO4/c1-10-4-3-5-14(11(10)2)19-16(20)9-23-15-7-6-12(17(21)22)8-13(15)18/h3-8H,9H2,1-2H3,(H,19,20)(H,21,22). The van der Waals surface area contributed by atoms with Crippen LogP contribution in [0.2, 0.25) is 0 Å². The number of benzene rings is 2. The van der Waals surface area contributed by atoms with E-state index in [1.54, 1.807) is 0 Å². The predicted octanol–water partition coefficient (Wildman–Crippen LogP) is 3.78. The number of rotatable bonds is 5. The van der Waals surface area contributed by atoms with Crippen LogP contribution < -0.4 is 10.1 Å². The largest absolute Gasteiger partial charge is 0.483 e. The monoisotopic (exact) mass is 377 g/mol. The van der Waals surface area contributed by atoms with Crippen molar-refractivity contribution in [2.45, 2.75) is 13.8 Å². The Morgan fingerprint density at radius 2 is 1.96 bits per heavy atom. The number of aryl methyl sites for hydroxylation is 1. The molecule has 0 radical (unpaired) electrons. The second kappa shape index (κ2) is 7.28. The molecule has 0 aliphatic rings. The highest BCUT2D eigenvalue weighted by Gasteiger charge is 2.10. The Morgan fingerprint density at radius 1 is 1.22 bits per heavy atom. The summed E-state index contributed by atoms with van der Waals surface area (Å²) in [4.78, 5) is 22.9. The molecule has 23 heavy (non-hydrogen) atoms. The van der Waals surface area contributed by atoms with E-state index in [0.29, 0.717) is 10.2 Å². The van der Waals surface area contributed by atoms with Gasteiger partial charge < -0.3 is 15.2 Å². The van der Waals surface area contributed by atoms with Crippen LogP contribution in [0.3, 0.4) is 0 Å². The van der Waals surface area contributed by atoms with E-state index in [4.69, 9.17) is 9.84 Å². The van der Waals surface area contributed by atoms with Gasteiger partial charge in [0.25, 0.3) is 5.91 Å². The highest BCUT2D eigenvalue weighted by atomic mass is 79.9. The molecule has 5 nitrogen and oxygen atoms in total. The zero-order valence-electron chi connectivity index (χ0n) is 12.7. The lowest BCUT2D eigenvalue weighted by Gasteiger charge is -2.12. The van der Waals surface area contributed by atoms with Crippen LogP contribution in [0.5, 0.6) is 5.75 Å². The van der Waals surface area contributed by atoms with E-state index in [1.165, 1.54) is 18.2 Å². The Labute approximate surface area is 142 Å². The van der Waals surface area contributed by atoms with Gasteiger partial charge in [-0.3, -0.25) is 4.79 Å². The molecule has 0 bridgehead atoms. The Balaban J connectivity index is 1.99. The molecule has 2 rings (SSSR count). The minimum absolute atomic E-state index is 0.143. The molecular weight excluding hydrogens is 362 g/mol. The molecule has 2 N–H and O–H groups in total. The highest BCUT2D eigenvalue weighted by molar-refractivity contribution is 9.10. The van der Waals surface area contributed by atoms with E-state index in [9.17, 15) is 9.59 Å². The first kappa shape index (κ1) is 17.0. The van der Waals surface area contributed by atoms with E-state index < -0.39 is 5.97 Å². The smallest absolute Gasteiger partial charge is 0.335 e. The van der Waals surface area contributed by atoms with Crippen LogP contribution in [0.15, 0.2) is 40.9 Å². The first-order valence-corrected chi connectivity index (χ1v) is 7.69. The number of carbonyl (C=O) groups is 2. The number of hydrogen-bond donors (Lipinski definition) is 2. The summed E-state index contributed by atoms with van der Waals surface area (Å²) in [5.74, 6) is -0.899. The topological polar surface area (TPSA) is 75.6 Å². The lowest BCUT2D eigenvalue weighted by atomic mass is 10.1. The van der Waals surface area contributed by atoms with Gasteiger partial charge in [0.2, 0.25) is 0 Å². The molecule has 0 fully saturated rings. The highest BCUT2D eigenvalue weighted by Crippen LogP contribution is 2.26. The summed E-state index contributed by atoms with van der Waals surface area (Å²) >= 11 is 3.23. The third-order valence-electron chi connectivity index (χ3n) is 3.42. The van der Waals surface area contributed by atoms with Gasteiger partial charge in [0, 0.05) is 5.69 Å². The average Bonchev–Trinajstić information content (AvgIpc) is 2.50. The van der Waals surface area contributed by atoms with Crippen LogP contribution in [-0.4, -0.2) is 23.6 Å². The van der Waals surface area contributed by atoms with Gasteiger partial charge in [0.05, 0.1) is 10.0 Å². The molecule has 0 heterocycles. The summed E-state index contributed by atoms with van der Waals surface area (Å²) in [5, 5.41) is 11.7. The third kappa shape index (κ3) is 4.32. The fourth-order valence-electron chi connectivity index (χ4n) is 1.97. The number of anilines is 1. The van der Waals surface area contributed by atoms with E-state index in [-0.39, 0.29) is 18.1 Å². The number of carboxylic acid groups (broad SMARTS) is 1. The summed E-state index contributed by atoms with van der Waals surface area (Å²) in [6.07, 6.45) is 0. The molecule has 0 unspecified atom stereocenters. The van der Waals surface area contributed by atoms with Crippen molar-refractivity contribution in [3.63, 3.8) is 0 Å². The Kier molecular flexibility index (Phi) is 5.39. The minimum Gasteiger partial charge on any atom is -0.483 e. The second-order valence-electron chi connectivity index (χ2n) is 5.03. The molecule has 0 spiro atoms. The Bertz CT molecular complexity index is 758. The molecule has 2 aromatic rings. The summed E-state index contributed by atoms with van der Waals surface area (Å²) in [6.45, 7) is 3.74. The summed E-state index contributed by atoms with van der Waals surface area (Å²) < 4.78 is 5.91. The van der Waals surface area contributed by atoms with Gasteiger partial charge in [0.1, 0.15) is 5.75 Å². The van der Waals surface area contributed by atoms with Gasteiger partial charge in [-0.05, 0) is 65.2 Å². The van der Waals surface area contributed by atoms with Crippen LogP contribution in [0.4, 0.5) is 5.69 Å². The molecule has 1 amide bonds. The van der Waals surface area contributed by atoms with Crippen LogP contribution in [-0.2, 0) is 4.79 Å². The summed E-state index contributed by atoms with van der Waals surface area (Å²) in [5.41, 5.74) is 2.99. The van der Waals surface area contributed by atoms with Crippen LogP contribution in [0, 0.1) is 13.8 Å². The maximum atomic E-state index is 12.0. The van der Waals surface area contributed by atoms with Gasteiger partial charge in [-0.15, -0.1) is 0 Å². The second-order valence-corrected chi connectivity index (χ2v) is 5.89. The van der Waals surface area contributed by atoms with Crippen LogP contribution in [0.25, 0.3) is 0 Å². The van der Waals surface area contributed by atoms with Crippen molar-refractivity contribution in [2.24, 2.45) is 0 Å². The van der Waals surface area contributed by atoms with E-state index in [0.717, 1.165) is 16.8 Å². The maximum absolute atomic E-state index is 12.0. The van der Waals surface area contributed by atoms with E-state index in [2.05, 4.69) is 21.2 Å².